The molecule has 1 heterocycles. The minimum Gasteiger partial charge on any atom is -0.390 e. The number of hydrogen-bond acceptors (Lipinski definition) is 6. The van der Waals surface area contributed by atoms with Crippen molar-refractivity contribution < 1.29 is 19.4 Å². The highest BCUT2D eigenvalue weighted by Crippen LogP contribution is 2.34. The number of aliphatic hydroxyl groups is 1. The first kappa shape index (κ1) is 24.6. The fraction of sp³-hybridized carbons (Fsp3) is 0.346. The number of ether oxygens (including phenoxy) is 1. The van der Waals surface area contributed by atoms with Gasteiger partial charge in [0.25, 0.3) is 5.91 Å². The van der Waals surface area contributed by atoms with Crippen molar-refractivity contribution in [2.75, 3.05) is 11.9 Å². The van der Waals surface area contributed by atoms with Gasteiger partial charge in [-0.05, 0) is 30.5 Å². The molecule has 0 saturated carbocycles. The first-order chi connectivity index (χ1) is 16.7. The Kier molecular flexibility index (Phi) is 7.30. The third-order valence-corrected chi connectivity index (χ3v) is 5.94. The molecule has 0 unspecified atom stereocenters. The largest absolute Gasteiger partial charge is 0.390 e. The highest BCUT2D eigenvalue weighted by molar-refractivity contribution is 5.98. The van der Waals surface area contributed by atoms with Crippen LogP contribution in [0, 0.1) is 0 Å². The lowest BCUT2D eigenvalue weighted by molar-refractivity contribution is -0.130. The summed E-state index contributed by atoms with van der Waals surface area (Å²) in [5, 5.41) is 16.0. The molecule has 5 N–H and O–H groups in total. The molecule has 1 aromatic heterocycles. The molecule has 3 aromatic rings. The second kappa shape index (κ2) is 10.4. The molecule has 0 bridgehead atoms. The van der Waals surface area contributed by atoms with E-state index < -0.39 is 29.5 Å². The van der Waals surface area contributed by atoms with E-state index in [1.807, 2.05) is 54.6 Å². The fourth-order valence-electron chi connectivity index (χ4n) is 4.07. The van der Waals surface area contributed by atoms with Gasteiger partial charge >= 0.3 is 0 Å². The van der Waals surface area contributed by atoms with E-state index in [-0.39, 0.29) is 12.6 Å². The zero-order valence-electron chi connectivity index (χ0n) is 19.8. The van der Waals surface area contributed by atoms with Crippen LogP contribution in [0.1, 0.15) is 36.6 Å². The minimum absolute atomic E-state index is 0.0437. The number of aromatic nitrogens is 2. The lowest BCUT2D eigenvalue weighted by Crippen LogP contribution is -2.56. The molecule has 3 atom stereocenters. The van der Waals surface area contributed by atoms with Crippen LogP contribution in [0.5, 0.6) is 0 Å². The summed E-state index contributed by atoms with van der Waals surface area (Å²) in [7, 11) is 0. The fourth-order valence-corrected chi connectivity index (χ4v) is 4.07. The smallest absolute Gasteiger partial charge is 0.250 e. The number of amides is 2. The van der Waals surface area contributed by atoms with E-state index >= 15 is 0 Å². The number of nitrogens with zero attached hydrogens (tertiary/aromatic N) is 2. The van der Waals surface area contributed by atoms with E-state index in [9.17, 15) is 14.7 Å². The summed E-state index contributed by atoms with van der Waals surface area (Å²) in [4.78, 5) is 29.8. The van der Waals surface area contributed by atoms with Crippen molar-refractivity contribution in [3.63, 3.8) is 0 Å². The average Bonchev–Trinajstić information content (AvgIpc) is 3.41. The maximum Gasteiger partial charge on any atom is 0.250 e. The number of rotatable bonds is 9. The molecule has 184 valence electrons. The summed E-state index contributed by atoms with van der Waals surface area (Å²) < 4.78 is 7.51. The zero-order chi connectivity index (χ0) is 25.0. The van der Waals surface area contributed by atoms with Crippen molar-refractivity contribution in [1.29, 1.82) is 0 Å². The van der Waals surface area contributed by atoms with Crippen molar-refractivity contribution in [3.8, 4) is 0 Å². The van der Waals surface area contributed by atoms with Gasteiger partial charge < -0.3 is 30.8 Å². The molecule has 0 saturated heterocycles. The van der Waals surface area contributed by atoms with Crippen molar-refractivity contribution in [3.05, 3.63) is 83.8 Å². The van der Waals surface area contributed by atoms with Gasteiger partial charge in [0.15, 0.2) is 5.82 Å². The van der Waals surface area contributed by atoms with Crippen LogP contribution in [0.15, 0.2) is 67.1 Å². The third-order valence-electron chi connectivity index (χ3n) is 5.94. The lowest BCUT2D eigenvalue weighted by Gasteiger charge is -2.23. The van der Waals surface area contributed by atoms with Crippen LogP contribution < -0.4 is 16.4 Å². The van der Waals surface area contributed by atoms with Gasteiger partial charge in [-0.25, -0.2) is 4.98 Å². The molecule has 1 aliphatic carbocycles. The predicted molar refractivity (Wildman–Crippen MR) is 131 cm³/mol. The number of imidazole rings is 1. The van der Waals surface area contributed by atoms with Crippen LogP contribution in [0.3, 0.4) is 0 Å². The van der Waals surface area contributed by atoms with Gasteiger partial charge in [0.2, 0.25) is 5.91 Å². The van der Waals surface area contributed by atoms with E-state index in [2.05, 4.69) is 15.6 Å². The normalized spacial score (nSPS) is 18.1. The molecule has 2 amide bonds. The van der Waals surface area contributed by atoms with E-state index in [0.29, 0.717) is 18.8 Å². The summed E-state index contributed by atoms with van der Waals surface area (Å²) in [6.45, 7) is 3.38. The molecule has 0 fully saturated rings. The van der Waals surface area contributed by atoms with Crippen molar-refractivity contribution >= 4 is 17.6 Å². The van der Waals surface area contributed by atoms with E-state index in [4.69, 9.17) is 10.5 Å². The van der Waals surface area contributed by atoms with Crippen molar-refractivity contribution in [2.24, 2.45) is 5.73 Å². The van der Waals surface area contributed by atoms with Gasteiger partial charge in [-0.15, -0.1) is 0 Å². The highest BCUT2D eigenvalue weighted by Gasteiger charge is 2.33. The van der Waals surface area contributed by atoms with Crippen LogP contribution in [-0.2, 0) is 27.4 Å². The summed E-state index contributed by atoms with van der Waals surface area (Å²) in [5.41, 5.74) is 7.81. The SMILES string of the molecule is CC(C)(N)C(=O)N[C@H](COCc1ccccc1)C(=O)Nc1cn([C@H]2c3ccccc3C[C@H]2O)cn1. The molecule has 0 radical (unpaired) electrons. The van der Waals surface area contributed by atoms with Crippen LogP contribution >= 0.6 is 0 Å². The van der Waals surface area contributed by atoms with Crippen LogP contribution in [0.2, 0.25) is 0 Å². The third kappa shape index (κ3) is 5.94. The number of carbonyl (C=O) groups is 2. The summed E-state index contributed by atoms with van der Waals surface area (Å²) in [6, 6.07) is 16.1. The summed E-state index contributed by atoms with van der Waals surface area (Å²) >= 11 is 0. The Morgan fingerprint density at radius 2 is 1.91 bits per heavy atom. The van der Waals surface area contributed by atoms with Gasteiger partial charge in [-0.1, -0.05) is 54.6 Å². The number of anilines is 1. The lowest BCUT2D eigenvalue weighted by atomic mass is 10.1. The molecule has 1 aliphatic rings. The molecule has 9 heteroatoms. The van der Waals surface area contributed by atoms with Crippen LogP contribution in [0.4, 0.5) is 5.82 Å². The van der Waals surface area contributed by atoms with Crippen LogP contribution in [-0.4, -0.2) is 50.8 Å². The summed E-state index contributed by atoms with van der Waals surface area (Å²) in [6.07, 6.45) is 3.22. The van der Waals surface area contributed by atoms with Gasteiger partial charge in [0, 0.05) is 12.6 Å². The first-order valence-electron chi connectivity index (χ1n) is 11.5. The minimum atomic E-state index is -1.16. The number of nitrogens with one attached hydrogen (secondary N) is 2. The van der Waals surface area contributed by atoms with Crippen LogP contribution in [0.25, 0.3) is 0 Å². The van der Waals surface area contributed by atoms with E-state index in [1.54, 1.807) is 30.9 Å². The molecular weight excluding hydrogens is 446 g/mol. The Morgan fingerprint density at radius 3 is 2.66 bits per heavy atom. The standard InChI is InChI=1S/C26H31N5O4/c1-26(2,27)25(34)29-20(15-35-14-17-8-4-3-5-9-17)24(33)30-22-13-31(16-28-22)23-19-11-7-6-10-18(19)12-21(23)32/h3-11,13,16,20-21,23,32H,12,14-15,27H2,1-2H3,(H,29,34)(H,30,33)/t20-,21-,23+/m1/s1. The highest BCUT2D eigenvalue weighted by atomic mass is 16.5. The number of hydrogen-bond donors (Lipinski definition) is 4. The Morgan fingerprint density at radius 1 is 1.20 bits per heavy atom. The molecule has 35 heavy (non-hydrogen) atoms. The van der Waals surface area contributed by atoms with Crippen molar-refractivity contribution in [2.45, 2.75) is 50.6 Å². The quantitative estimate of drug-likeness (QED) is 0.371. The van der Waals surface area contributed by atoms with Gasteiger partial charge in [0.1, 0.15) is 6.04 Å². The molecule has 9 nitrogen and oxygen atoms in total. The second-order valence-corrected chi connectivity index (χ2v) is 9.36. The summed E-state index contributed by atoms with van der Waals surface area (Å²) in [5.74, 6) is -0.647. The number of nitrogens with two attached hydrogens (primary N) is 1. The Bertz CT molecular complexity index is 1170. The molecule has 0 spiro atoms. The Hall–Kier alpha value is -3.53. The Labute approximate surface area is 204 Å². The topological polar surface area (TPSA) is 132 Å². The molecule has 0 aliphatic heterocycles. The second-order valence-electron chi connectivity index (χ2n) is 9.36. The maximum atomic E-state index is 13.1. The van der Waals surface area contributed by atoms with E-state index in [1.165, 1.54) is 0 Å². The predicted octanol–water partition coefficient (Wildman–Crippen LogP) is 1.77. The molecule has 2 aromatic carbocycles. The zero-order valence-corrected chi connectivity index (χ0v) is 19.8. The van der Waals surface area contributed by atoms with Crippen molar-refractivity contribution in [1.82, 2.24) is 14.9 Å². The van der Waals surface area contributed by atoms with Gasteiger partial charge in [-0.3, -0.25) is 9.59 Å². The number of benzene rings is 2. The van der Waals surface area contributed by atoms with Gasteiger partial charge in [0.05, 0.1) is 37.2 Å². The number of aliphatic hydroxyl groups excluding tert-OH is 1. The maximum absolute atomic E-state index is 13.1. The number of carbonyl (C=O) groups excluding carboxylic acids is 2. The van der Waals surface area contributed by atoms with Gasteiger partial charge in [-0.2, -0.15) is 0 Å². The monoisotopic (exact) mass is 477 g/mol. The molecule has 4 rings (SSSR count). The first-order valence-corrected chi connectivity index (χ1v) is 11.5. The Balaban J connectivity index is 1.44. The number of fused-ring (bicyclic) bond motifs is 1. The van der Waals surface area contributed by atoms with E-state index in [0.717, 1.165) is 16.7 Å². The molecular formula is C26H31N5O4. The average molecular weight is 478 g/mol.